The van der Waals surface area contributed by atoms with Crippen LogP contribution in [0.5, 0.6) is 0 Å². The van der Waals surface area contributed by atoms with E-state index in [0.29, 0.717) is 5.92 Å². The molecule has 1 heterocycles. The second-order valence-electron chi connectivity index (χ2n) is 5.28. The average molecular weight is 297 g/mol. The fourth-order valence-electron chi connectivity index (χ4n) is 1.79. The standard InChI is InChI=1S/C14H23N3O2S/c1-10(2)6-7-17(3)13(18)9-11(16-14(15)19)12-5-4-8-20-12/h4-5,8,10-11H,6-7,9H2,1-3H3,(H3,15,16,19). The Balaban J connectivity index is 2.60. The van der Waals surface area contributed by atoms with Crippen LogP contribution in [0.1, 0.15) is 37.6 Å². The fourth-order valence-corrected chi connectivity index (χ4v) is 2.57. The molecular weight excluding hydrogens is 274 g/mol. The lowest BCUT2D eigenvalue weighted by molar-refractivity contribution is -0.130. The average Bonchev–Trinajstić information content (AvgIpc) is 2.88. The Morgan fingerprint density at radius 1 is 1.45 bits per heavy atom. The summed E-state index contributed by atoms with van der Waals surface area (Å²) in [6.07, 6.45) is 1.20. The molecular formula is C14H23N3O2S. The Kier molecular flexibility index (Phi) is 6.51. The van der Waals surface area contributed by atoms with Crippen LogP contribution in [-0.4, -0.2) is 30.4 Å². The molecule has 1 atom stereocenters. The molecule has 5 nitrogen and oxygen atoms in total. The number of thiophene rings is 1. The van der Waals surface area contributed by atoms with E-state index in [1.807, 2.05) is 17.5 Å². The van der Waals surface area contributed by atoms with E-state index in [-0.39, 0.29) is 18.4 Å². The van der Waals surface area contributed by atoms with Gasteiger partial charge in [-0.1, -0.05) is 19.9 Å². The Morgan fingerprint density at radius 2 is 2.15 bits per heavy atom. The molecule has 0 aliphatic rings. The number of nitrogens with one attached hydrogen (secondary N) is 1. The zero-order valence-corrected chi connectivity index (χ0v) is 13.1. The van der Waals surface area contributed by atoms with Crippen LogP contribution >= 0.6 is 11.3 Å². The van der Waals surface area contributed by atoms with E-state index in [2.05, 4.69) is 19.2 Å². The van der Waals surface area contributed by atoms with Crippen LogP contribution in [-0.2, 0) is 4.79 Å². The maximum atomic E-state index is 12.2. The van der Waals surface area contributed by atoms with Crippen LogP contribution in [0.15, 0.2) is 17.5 Å². The maximum Gasteiger partial charge on any atom is 0.312 e. The van der Waals surface area contributed by atoms with Gasteiger partial charge in [0.2, 0.25) is 5.91 Å². The highest BCUT2D eigenvalue weighted by Crippen LogP contribution is 2.22. The van der Waals surface area contributed by atoms with Crippen molar-refractivity contribution in [3.05, 3.63) is 22.4 Å². The van der Waals surface area contributed by atoms with Gasteiger partial charge in [0.05, 0.1) is 12.5 Å². The topological polar surface area (TPSA) is 75.4 Å². The molecule has 6 heteroatoms. The minimum atomic E-state index is -0.610. The Morgan fingerprint density at radius 3 is 2.65 bits per heavy atom. The normalized spacial score (nSPS) is 12.2. The Labute approximate surface area is 124 Å². The highest BCUT2D eigenvalue weighted by molar-refractivity contribution is 7.10. The molecule has 0 aromatic carbocycles. The predicted molar refractivity (Wildman–Crippen MR) is 81.5 cm³/mol. The van der Waals surface area contributed by atoms with Crippen molar-refractivity contribution in [2.45, 2.75) is 32.7 Å². The molecule has 0 aliphatic carbocycles. The lowest BCUT2D eigenvalue weighted by Crippen LogP contribution is -2.37. The van der Waals surface area contributed by atoms with Gasteiger partial charge in [-0.15, -0.1) is 11.3 Å². The van der Waals surface area contributed by atoms with Crippen LogP contribution in [0.25, 0.3) is 0 Å². The first-order chi connectivity index (χ1) is 9.40. The number of carbonyl (C=O) groups excluding carboxylic acids is 2. The number of rotatable bonds is 7. The van der Waals surface area contributed by atoms with E-state index in [1.165, 1.54) is 11.3 Å². The zero-order valence-electron chi connectivity index (χ0n) is 12.3. The smallest absolute Gasteiger partial charge is 0.312 e. The molecule has 1 aromatic rings. The van der Waals surface area contributed by atoms with Crippen molar-refractivity contribution < 1.29 is 9.59 Å². The van der Waals surface area contributed by atoms with Crippen molar-refractivity contribution in [2.24, 2.45) is 11.7 Å². The summed E-state index contributed by atoms with van der Waals surface area (Å²) in [4.78, 5) is 25.9. The van der Waals surface area contributed by atoms with E-state index in [9.17, 15) is 9.59 Å². The van der Waals surface area contributed by atoms with E-state index in [1.54, 1.807) is 11.9 Å². The number of hydrogen-bond acceptors (Lipinski definition) is 3. The number of amides is 3. The monoisotopic (exact) mass is 297 g/mol. The lowest BCUT2D eigenvalue weighted by Gasteiger charge is -2.22. The molecule has 0 spiro atoms. The molecule has 0 aliphatic heterocycles. The minimum absolute atomic E-state index is 0.0119. The largest absolute Gasteiger partial charge is 0.352 e. The maximum absolute atomic E-state index is 12.2. The van der Waals surface area contributed by atoms with Crippen molar-refractivity contribution >= 4 is 23.3 Å². The van der Waals surface area contributed by atoms with Gasteiger partial charge in [-0.25, -0.2) is 4.79 Å². The van der Waals surface area contributed by atoms with Crippen LogP contribution in [0.2, 0.25) is 0 Å². The third-order valence-corrected chi connectivity index (χ3v) is 4.04. The van der Waals surface area contributed by atoms with Gasteiger partial charge in [-0.2, -0.15) is 0 Å². The van der Waals surface area contributed by atoms with Crippen LogP contribution in [0.3, 0.4) is 0 Å². The number of primary amides is 1. The second-order valence-corrected chi connectivity index (χ2v) is 6.26. The second kappa shape index (κ2) is 7.89. The first kappa shape index (κ1) is 16.5. The van der Waals surface area contributed by atoms with E-state index < -0.39 is 6.03 Å². The van der Waals surface area contributed by atoms with Crippen LogP contribution < -0.4 is 11.1 Å². The minimum Gasteiger partial charge on any atom is -0.352 e. The summed E-state index contributed by atoms with van der Waals surface area (Å²) in [6, 6.07) is 2.83. The quantitative estimate of drug-likeness (QED) is 0.810. The molecule has 0 saturated carbocycles. The molecule has 112 valence electrons. The zero-order chi connectivity index (χ0) is 15.1. The summed E-state index contributed by atoms with van der Waals surface area (Å²) in [5.74, 6) is 0.569. The number of carbonyl (C=O) groups is 2. The Bertz CT molecular complexity index is 432. The van der Waals surface area contributed by atoms with Crippen LogP contribution in [0, 0.1) is 5.92 Å². The first-order valence-electron chi connectivity index (χ1n) is 6.73. The third-order valence-electron chi connectivity index (χ3n) is 3.05. The van der Waals surface area contributed by atoms with Gasteiger partial charge in [0.15, 0.2) is 0 Å². The Hall–Kier alpha value is -1.56. The van der Waals surface area contributed by atoms with E-state index in [0.717, 1.165) is 17.8 Å². The van der Waals surface area contributed by atoms with Gasteiger partial charge in [0.1, 0.15) is 0 Å². The summed E-state index contributed by atoms with van der Waals surface area (Å²) in [7, 11) is 1.79. The molecule has 1 unspecified atom stereocenters. The molecule has 1 rings (SSSR count). The van der Waals surface area contributed by atoms with E-state index in [4.69, 9.17) is 5.73 Å². The SMILES string of the molecule is CC(C)CCN(C)C(=O)CC(NC(N)=O)c1cccs1. The predicted octanol–water partition coefficient (Wildman–Crippen LogP) is 2.35. The molecule has 1 aromatic heterocycles. The molecule has 0 fully saturated rings. The summed E-state index contributed by atoms with van der Waals surface area (Å²) in [6.45, 7) is 4.98. The van der Waals surface area contributed by atoms with Crippen molar-refractivity contribution in [1.82, 2.24) is 10.2 Å². The fraction of sp³-hybridized carbons (Fsp3) is 0.571. The number of nitrogens with two attached hydrogens (primary N) is 1. The van der Waals surface area contributed by atoms with Gasteiger partial charge in [-0.3, -0.25) is 4.79 Å². The number of nitrogens with zero attached hydrogens (tertiary/aromatic N) is 1. The van der Waals surface area contributed by atoms with Crippen molar-refractivity contribution in [1.29, 1.82) is 0 Å². The highest BCUT2D eigenvalue weighted by Gasteiger charge is 2.20. The summed E-state index contributed by atoms with van der Waals surface area (Å²) >= 11 is 1.50. The number of urea groups is 1. The summed E-state index contributed by atoms with van der Waals surface area (Å²) in [5, 5.41) is 4.55. The van der Waals surface area contributed by atoms with Crippen molar-refractivity contribution in [2.75, 3.05) is 13.6 Å². The van der Waals surface area contributed by atoms with Gasteiger partial charge >= 0.3 is 6.03 Å². The summed E-state index contributed by atoms with van der Waals surface area (Å²) < 4.78 is 0. The van der Waals surface area contributed by atoms with Crippen molar-refractivity contribution in [3.8, 4) is 0 Å². The molecule has 3 amide bonds. The lowest BCUT2D eigenvalue weighted by atomic mass is 10.1. The molecule has 20 heavy (non-hydrogen) atoms. The number of hydrogen-bond donors (Lipinski definition) is 2. The van der Waals surface area contributed by atoms with Crippen LogP contribution in [0.4, 0.5) is 4.79 Å². The van der Waals surface area contributed by atoms with Gasteiger partial charge < -0.3 is 16.0 Å². The molecule has 0 radical (unpaired) electrons. The van der Waals surface area contributed by atoms with Crippen molar-refractivity contribution in [3.63, 3.8) is 0 Å². The molecule has 3 N–H and O–H groups in total. The van der Waals surface area contributed by atoms with E-state index >= 15 is 0 Å². The van der Waals surface area contributed by atoms with Gasteiger partial charge in [0, 0.05) is 18.5 Å². The molecule has 0 saturated heterocycles. The van der Waals surface area contributed by atoms with Gasteiger partial charge in [-0.05, 0) is 23.8 Å². The summed E-state index contributed by atoms with van der Waals surface area (Å²) in [5.41, 5.74) is 5.18. The molecule has 0 bridgehead atoms. The first-order valence-corrected chi connectivity index (χ1v) is 7.61. The highest BCUT2D eigenvalue weighted by atomic mass is 32.1. The van der Waals surface area contributed by atoms with Gasteiger partial charge in [0.25, 0.3) is 0 Å². The third kappa shape index (κ3) is 5.61.